The Morgan fingerprint density at radius 3 is 2.24 bits per heavy atom. The molecule has 1 aliphatic heterocycles. The number of rotatable bonds is 7. The molecule has 17 heavy (non-hydrogen) atoms. The van der Waals surface area contributed by atoms with Gasteiger partial charge in [0.2, 0.25) is 12.3 Å². The maximum absolute atomic E-state index is 11.7. The number of hydrogen-bond donors (Lipinski definition) is 0. The van der Waals surface area contributed by atoms with Gasteiger partial charge < -0.3 is 9.47 Å². The molecule has 100 valence electrons. The highest BCUT2D eigenvalue weighted by molar-refractivity contribution is 5.78. The Balaban J connectivity index is 2.70. The topological polar surface area (TPSA) is 38.8 Å². The van der Waals surface area contributed by atoms with Gasteiger partial charge in [-0.1, -0.05) is 20.8 Å². The van der Waals surface area contributed by atoms with E-state index in [1.807, 2.05) is 0 Å². The van der Waals surface area contributed by atoms with Crippen LogP contribution in [-0.4, -0.2) is 36.5 Å². The number of nitrogens with zero attached hydrogens (tertiary/aromatic N) is 1. The summed E-state index contributed by atoms with van der Waals surface area (Å²) in [5, 5.41) is 0. The summed E-state index contributed by atoms with van der Waals surface area (Å²) in [7, 11) is 1.60. The Morgan fingerprint density at radius 1 is 1.29 bits per heavy atom. The molecule has 1 atom stereocenters. The van der Waals surface area contributed by atoms with Crippen molar-refractivity contribution in [3.05, 3.63) is 0 Å². The predicted molar refractivity (Wildman–Crippen MR) is 66.4 cm³/mol. The largest absolute Gasteiger partial charge is 0.338 e. The predicted octanol–water partition coefficient (Wildman–Crippen LogP) is 2.52. The lowest BCUT2D eigenvalue weighted by atomic mass is 9.94. The van der Waals surface area contributed by atoms with E-state index < -0.39 is 6.41 Å². The number of ether oxygens (including phenoxy) is 2. The van der Waals surface area contributed by atoms with E-state index in [1.165, 1.54) is 0 Å². The standard InChI is InChI=1S/C13H25NO3/c1-5-13(6-2,7-3)17-12(16-4)14-10-8-9-11(14)15/h12H,5-10H2,1-4H3. The second-order valence-corrected chi connectivity index (χ2v) is 4.59. The Morgan fingerprint density at radius 2 is 1.88 bits per heavy atom. The highest BCUT2D eigenvalue weighted by atomic mass is 16.7. The fraction of sp³-hybridized carbons (Fsp3) is 0.923. The third kappa shape index (κ3) is 3.19. The van der Waals surface area contributed by atoms with Crippen LogP contribution in [0.1, 0.15) is 52.9 Å². The van der Waals surface area contributed by atoms with Gasteiger partial charge in [-0.25, -0.2) is 0 Å². The summed E-state index contributed by atoms with van der Waals surface area (Å²) in [6.07, 6.45) is 3.79. The molecule has 1 heterocycles. The molecule has 4 heteroatoms. The van der Waals surface area contributed by atoms with Crippen LogP contribution in [0.25, 0.3) is 0 Å². The van der Waals surface area contributed by atoms with E-state index >= 15 is 0 Å². The van der Waals surface area contributed by atoms with Crippen molar-refractivity contribution in [2.24, 2.45) is 0 Å². The van der Waals surface area contributed by atoms with Crippen LogP contribution in [0.15, 0.2) is 0 Å². The molecule has 0 aliphatic carbocycles. The molecule has 1 rings (SSSR count). The van der Waals surface area contributed by atoms with Gasteiger partial charge in [-0.15, -0.1) is 0 Å². The van der Waals surface area contributed by atoms with Gasteiger partial charge in [-0.2, -0.15) is 0 Å². The zero-order chi connectivity index (χ0) is 12.9. The lowest BCUT2D eigenvalue weighted by Crippen LogP contribution is -2.46. The van der Waals surface area contributed by atoms with E-state index in [1.54, 1.807) is 12.0 Å². The Labute approximate surface area is 104 Å². The summed E-state index contributed by atoms with van der Waals surface area (Å²) in [5.41, 5.74) is -0.177. The highest BCUT2D eigenvalue weighted by Gasteiger charge is 2.35. The summed E-state index contributed by atoms with van der Waals surface area (Å²) in [6, 6.07) is 0. The minimum Gasteiger partial charge on any atom is -0.338 e. The third-order valence-corrected chi connectivity index (χ3v) is 3.85. The molecule has 0 spiro atoms. The number of hydrogen-bond acceptors (Lipinski definition) is 3. The van der Waals surface area contributed by atoms with Crippen molar-refractivity contribution in [1.82, 2.24) is 4.90 Å². The molecule has 1 unspecified atom stereocenters. The Hall–Kier alpha value is -0.610. The lowest BCUT2D eigenvalue weighted by Gasteiger charge is -2.37. The molecule has 4 nitrogen and oxygen atoms in total. The summed E-state index contributed by atoms with van der Waals surface area (Å²) in [6.45, 7) is 7.09. The minimum absolute atomic E-state index is 0.133. The molecular formula is C13H25NO3. The SMILES string of the molecule is CCC(CC)(CC)OC(OC)N1CCCC1=O. The maximum atomic E-state index is 11.7. The van der Waals surface area contributed by atoms with Crippen molar-refractivity contribution in [3.63, 3.8) is 0 Å². The number of likely N-dealkylation sites (tertiary alicyclic amines) is 1. The van der Waals surface area contributed by atoms with Gasteiger partial charge in [0, 0.05) is 20.1 Å². The quantitative estimate of drug-likeness (QED) is 0.645. The zero-order valence-electron chi connectivity index (χ0n) is 11.5. The van der Waals surface area contributed by atoms with E-state index in [-0.39, 0.29) is 11.5 Å². The average Bonchev–Trinajstić information content (AvgIpc) is 2.78. The number of carbonyl (C=O) groups excluding carboxylic acids is 1. The first kappa shape index (κ1) is 14.5. The first-order chi connectivity index (χ1) is 8.12. The molecule has 0 saturated carbocycles. The van der Waals surface area contributed by atoms with Crippen LogP contribution in [-0.2, 0) is 14.3 Å². The van der Waals surface area contributed by atoms with E-state index in [0.29, 0.717) is 6.42 Å². The van der Waals surface area contributed by atoms with Crippen molar-refractivity contribution >= 4 is 5.91 Å². The smallest absolute Gasteiger partial charge is 0.242 e. The van der Waals surface area contributed by atoms with Crippen LogP contribution in [0.4, 0.5) is 0 Å². The second kappa shape index (κ2) is 6.36. The molecule has 0 aromatic heterocycles. The van der Waals surface area contributed by atoms with Crippen LogP contribution in [0.2, 0.25) is 0 Å². The first-order valence-corrected chi connectivity index (χ1v) is 6.62. The van der Waals surface area contributed by atoms with Gasteiger partial charge >= 0.3 is 0 Å². The summed E-state index contributed by atoms with van der Waals surface area (Å²) >= 11 is 0. The summed E-state index contributed by atoms with van der Waals surface area (Å²) in [5.74, 6) is 0.133. The normalized spacial score (nSPS) is 18.8. The monoisotopic (exact) mass is 243 g/mol. The van der Waals surface area contributed by atoms with Gasteiger partial charge in [0.05, 0.1) is 5.60 Å². The van der Waals surface area contributed by atoms with Crippen molar-refractivity contribution in [1.29, 1.82) is 0 Å². The molecule has 0 aromatic carbocycles. The van der Waals surface area contributed by atoms with Crippen LogP contribution in [0, 0.1) is 0 Å². The van der Waals surface area contributed by atoms with Gasteiger partial charge in [-0.3, -0.25) is 9.69 Å². The van der Waals surface area contributed by atoms with Crippen LogP contribution in [0.5, 0.6) is 0 Å². The van der Waals surface area contributed by atoms with Crippen LogP contribution in [0.3, 0.4) is 0 Å². The van der Waals surface area contributed by atoms with Crippen LogP contribution >= 0.6 is 0 Å². The molecular weight excluding hydrogens is 218 g/mol. The van der Waals surface area contributed by atoms with Crippen molar-refractivity contribution in [2.45, 2.75) is 64.9 Å². The Kier molecular flexibility index (Phi) is 5.40. The van der Waals surface area contributed by atoms with Crippen molar-refractivity contribution < 1.29 is 14.3 Å². The lowest BCUT2D eigenvalue weighted by molar-refractivity contribution is -0.259. The maximum Gasteiger partial charge on any atom is 0.242 e. The van der Waals surface area contributed by atoms with Crippen molar-refractivity contribution in [2.75, 3.05) is 13.7 Å². The van der Waals surface area contributed by atoms with Gasteiger partial charge in [0.15, 0.2) is 0 Å². The third-order valence-electron chi connectivity index (χ3n) is 3.85. The highest BCUT2D eigenvalue weighted by Crippen LogP contribution is 2.28. The van der Waals surface area contributed by atoms with Crippen LogP contribution < -0.4 is 0 Å². The molecule has 0 aromatic rings. The fourth-order valence-electron chi connectivity index (χ4n) is 2.34. The fourth-order valence-corrected chi connectivity index (χ4v) is 2.34. The average molecular weight is 243 g/mol. The van der Waals surface area contributed by atoms with Gasteiger partial charge in [0.25, 0.3) is 0 Å². The van der Waals surface area contributed by atoms with E-state index in [0.717, 1.165) is 32.2 Å². The molecule has 1 amide bonds. The number of carbonyl (C=O) groups is 1. The van der Waals surface area contributed by atoms with E-state index in [2.05, 4.69) is 20.8 Å². The van der Waals surface area contributed by atoms with Crippen molar-refractivity contribution in [3.8, 4) is 0 Å². The van der Waals surface area contributed by atoms with E-state index in [9.17, 15) is 4.79 Å². The molecule has 0 radical (unpaired) electrons. The summed E-state index contributed by atoms with van der Waals surface area (Å²) in [4.78, 5) is 13.4. The molecule has 1 fully saturated rings. The summed E-state index contributed by atoms with van der Waals surface area (Å²) < 4.78 is 11.4. The molecule has 1 aliphatic rings. The number of methoxy groups -OCH3 is 1. The molecule has 1 saturated heterocycles. The second-order valence-electron chi connectivity index (χ2n) is 4.59. The zero-order valence-corrected chi connectivity index (χ0v) is 11.5. The molecule has 0 bridgehead atoms. The molecule has 0 N–H and O–H groups in total. The van der Waals surface area contributed by atoms with Gasteiger partial charge in [-0.05, 0) is 25.7 Å². The van der Waals surface area contributed by atoms with E-state index in [4.69, 9.17) is 9.47 Å². The minimum atomic E-state index is -0.523. The first-order valence-electron chi connectivity index (χ1n) is 6.62. The Bertz CT molecular complexity index is 243. The van der Waals surface area contributed by atoms with Gasteiger partial charge in [0.1, 0.15) is 0 Å². The number of amides is 1.